The van der Waals surface area contributed by atoms with Crippen LogP contribution in [0.15, 0.2) is 0 Å². The summed E-state index contributed by atoms with van der Waals surface area (Å²) < 4.78 is 21.7. The summed E-state index contributed by atoms with van der Waals surface area (Å²) in [6.45, 7) is 1.86. The lowest BCUT2D eigenvalue weighted by atomic mass is 10.1. The Morgan fingerprint density at radius 2 is 2.42 bits per heavy atom. The molecule has 0 radical (unpaired) electrons. The Morgan fingerprint density at radius 1 is 1.75 bits per heavy atom. The third-order valence-corrected chi connectivity index (χ3v) is 4.04. The second kappa shape index (κ2) is 3.62. The van der Waals surface area contributed by atoms with Crippen LogP contribution in [0, 0.1) is 18.3 Å². The summed E-state index contributed by atoms with van der Waals surface area (Å²) in [5.74, 6) is 2.62. The molecule has 0 bridgehead atoms. The number of hydrogen-bond donors (Lipinski definition) is 0. The van der Waals surface area contributed by atoms with Crippen LogP contribution in [0.2, 0.25) is 0 Å². The van der Waals surface area contributed by atoms with Crippen molar-refractivity contribution < 1.29 is 13.6 Å². The summed E-state index contributed by atoms with van der Waals surface area (Å²) in [4.78, 5) is 0. The van der Waals surface area contributed by atoms with Crippen LogP contribution in [-0.2, 0) is 13.6 Å². The molecule has 68 valence electrons. The molecule has 0 aromatic rings. The highest BCUT2D eigenvalue weighted by atomic mass is 31.2. The predicted octanol–water partition coefficient (Wildman–Crippen LogP) is 1.88. The maximum atomic E-state index is 11.6. The van der Waals surface area contributed by atoms with Gasteiger partial charge in [-0.15, -0.1) is 12.3 Å². The molecule has 0 spiro atoms. The number of rotatable bonds is 1. The average molecular weight is 188 g/mol. The lowest BCUT2D eigenvalue weighted by Gasteiger charge is -2.29. The van der Waals surface area contributed by atoms with Gasteiger partial charge in [0.1, 0.15) is 0 Å². The predicted molar refractivity (Wildman–Crippen MR) is 47.0 cm³/mol. The van der Waals surface area contributed by atoms with Gasteiger partial charge in [0.15, 0.2) is 0 Å². The van der Waals surface area contributed by atoms with Crippen LogP contribution in [-0.4, -0.2) is 19.4 Å². The van der Waals surface area contributed by atoms with Crippen molar-refractivity contribution in [1.82, 2.24) is 0 Å². The van der Waals surface area contributed by atoms with Gasteiger partial charge in [-0.05, 0) is 13.3 Å². The molecule has 1 fully saturated rings. The zero-order valence-electron chi connectivity index (χ0n) is 7.32. The highest BCUT2D eigenvalue weighted by molar-refractivity contribution is 7.53. The monoisotopic (exact) mass is 188 g/mol. The van der Waals surface area contributed by atoms with Crippen LogP contribution in [0.4, 0.5) is 0 Å². The smallest absolute Gasteiger partial charge is 0.312 e. The van der Waals surface area contributed by atoms with Crippen LogP contribution in [0.25, 0.3) is 0 Å². The molecule has 0 amide bonds. The van der Waals surface area contributed by atoms with E-state index in [9.17, 15) is 4.57 Å². The fraction of sp³-hybridized carbons (Fsp3) is 0.750. The summed E-state index contributed by atoms with van der Waals surface area (Å²) in [5.41, 5.74) is 0. The molecule has 3 atom stereocenters. The van der Waals surface area contributed by atoms with Crippen molar-refractivity contribution in [2.24, 2.45) is 5.92 Å². The summed E-state index contributed by atoms with van der Waals surface area (Å²) in [7, 11) is -1.47. The standard InChI is InChI=1S/C8H13O3P/c1-4-8-5-7(2)11-12(9,6-8)10-3/h1,7-8H,5-6H2,2-3H3. The van der Waals surface area contributed by atoms with Crippen LogP contribution in [0.3, 0.4) is 0 Å². The van der Waals surface area contributed by atoms with E-state index in [1.54, 1.807) is 0 Å². The van der Waals surface area contributed by atoms with Gasteiger partial charge in [-0.3, -0.25) is 4.57 Å². The largest absolute Gasteiger partial charge is 0.331 e. The molecule has 3 unspecified atom stereocenters. The molecule has 1 aliphatic heterocycles. The summed E-state index contributed by atoms with van der Waals surface area (Å²) in [6.07, 6.45) is 6.31. The topological polar surface area (TPSA) is 35.5 Å². The van der Waals surface area contributed by atoms with Crippen molar-refractivity contribution in [3.8, 4) is 12.3 Å². The molecule has 1 aliphatic rings. The third kappa shape index (κ3) is 2.10. The Labute approximate surface area is 73.0 Å². The molecule has 0 aromatic carbocycles. The highest BCUT2D eigenvalue weighted by Gasteiger charge is 2.35. The molecule has 0 saturated carbocycles. The Hall–Kier alpha value is -0.290. The SMILES string of the molecule is C#CC1CC(C)OP(=O)(OC)C1. The first-order valence-electron chi connectivity index (χ1n) is 3.89. The Bertz CT molecular complexity index is 243. The zero-order valence-corrected chi connectivity index (χ0v) is 8.21. The fourth-order valence-corrected chi connectivity index (χ4v) is 3.09. The van der Waals surface area contributed by atoms with Crippen LogP contribution < -0.4 is 0 Å². The van der Waals surface area contributed by atoms with Crippen LogP contribution in [0.1, 0.15) is 13.3 Å². The van der Waals surface area contributed by atoms with E-state index in [4.69, 9.17) is 15.5 Å². The minimum atomic E-state index is -2.87. The molecule has 1 saturated heterocycles. The third-order valence-electron chi connectivity index (χ3n) is 1.91. The van der Waals surface area contributed by atoms with Crippen molar-refractivity contribution in [3.63, 3.8) is 0 Å². The van der Waals surface area contributed by atoms with Gasteiger partial charge in [0.05, 0.1) is 12.3 Å². The Morgan fingerprint density at radius 3 is 2.92 bits per heavy atom. The minimum Gasteiger partial charge on any atom is -0.312 e. The molecule has 0 aromatic heterocycles. The normalized spacial score (nSPS) is 42.1. The second-order valence-electron chi connectivity index (χ2n) is 2.99. The highest BCUT2D eigenvalue weighted by Crippen LogP contribution is 2.54. The molecule has 12 heavy (non-hydrogen) atoms. The second-order valence-corrected chi connectivity index (χ2v) is 5.15. The molecule has 1 heterocycles. The van der Waals surface area contributed by atoms with E-state index in [-0.39, 0.29) is 12.0 Å². The molecule has 1 rings (SSSR count). The van der Waals surface area contributed by atoms with Crippen molar-refractivity contribution in [2.75, 3.05) is 13.3 Å². The van der Waals surface area contributed by atoms with Gasteiger partial charge in [0.2, 0.25) is 0 Å². The number of terminal acetylenes is 1. The van der Waals surface area contributed by atoms with E-state index in [0.29, 0.717) is 6.16 Å². The van der Waals surface area contributed by atoms with Gasteiger partial charge in [0, 0.05) is 13.0 Å². The van der Waals surface area contributed by atoms with Crippen LogP contribution >= 0.6 is 7.60 Å². The van der Waals surface area contributed by atoms with Gasteiger partial charge >= 0.3 is 7.60 Å². The van der Waals surface area contributed by atoms with Gasteiger partial charge in [0.25, 0.3) is 0 Å². The van der Waals surface area contributed by atoms with Crippen molar-refractivity contribution >= 4 is 7.60 Å². The lowest BCUT2D eigenvalue weighted by Crippen LogP contribution is -2.23. The molecule has 0 aliphatic carbocycles. The van der Waals surface area contributed by atoms with E-state index in [0.717, 1.165) is 6.42 Å². The quantitative estimate of drug-likeness (QED) is 0.465. The maximum absolute atomic E-state index is 11.6. The fourth-order valence-electron chi connectivity index (χ4n) is 1.34. The molecular formula is C8H13O3P. The van der Waals surface area contributed by atoms with Gasteiger partial charge in [-0.2, -0.15) is 0 Å². The zero-order chi connectivity index (χ0) is 9.19. The van der Waals surface area contributed by atoms with Gasteiger partial charge in [-0.25, -0.2) is 0 Å². The molecule has 0 N–H and O–H groups in total. The van der Waals surface area contributed by atoms with Crippen molar-refractivity contribution in [2.45, 2.75) is 19.4 Å². The summed E-state index contributed by atoms with van der Waals surface area (Å²) in [6, 6.07) is 0. The Balaban J connectivity index is 2.71. The van der Waals surface area contributed by atoms with Crippen molar-refractivity contribution in [3.05, 3.63) is 0 Å². The van der Waals surface area contributed by atoms with Crippen LogP contribution in [0.5, 0.6) is 0 Å². The van der Waals surface area contributed by atoms with Gasteiger partial charge in [-0.1, -0.05) is 0 Å². The summed E-state index contributed by atoms with van der Waals surface area (Å²) >= 11 is 0. The van der Waals surface area contributed by atoms with Crippen molar-refractivity contribution in [1.29, 1.82) is 0 Å². The molecule has 4 heteroatoms. The van der Waals surface area contributed by atoms with E-state index >= 15 is 0 Å². The van der Waals surface area contributed by atoms with E-state index in [1.807, 2.05) is 6.92 Å². The van der Waals surface area contributed by atoms with E-state index < -0.39 is 7.60 Å². The Kier molecular flexibility index (Phi) is 2.95. The first kappa shape index (κ1) is 9.80. The van der Waals surface area contributed by atoms with E-state index in [1.165, 1.54) is 7.11 Å². The minimum absolute atomic E-state index is 0.0273. The van der Waals surface area contributed by atoms with E-state index in [2.05, 4.69) is 5.92 Å². The molecule has 3 nitrogen and oxygen atoms in total. The number of hydrogen-bond acceptors (Lipinski definition) is 3. The lowest BCUT2D eigenvalue weighted by molar-refractivity contribution is 0.138. The first-order chi connectivity index (χ1) is 5.59. The molecular weight excluding hydrogens is 175 g/mol. The first-order valence-corrected chi connectivity index (χ1v) is 5.62. The average Bonchev–Trinajstić information content (AvgIpc) is 2.03. The maximum Gasteiger partial charge on any atom is 0.331 e. The van der Waals surface area contributed by atoms with Gasteiger partial charge < -0.3 is 9.05 Å². The summed E-state index contributed by atoms with van der Waals surface area (Å²) in [5, 5.41) is 0.